The van der Waals surface area contributed by atoms with E-state index in [1.165, 1.54) is 0 Å². The molecule has 0 radical (unpaired) electrons. The van der Waals surface area contributed by atoms with E-state index < -0.39 is 0 Å². The van der Waals surface area contributed by atoms with Crippen molar-refractivity contribution in [1.29, 1.82) is 0 Å². The highest BCUT2D eigenvalue weighted by atomic mass is 15.1. The maximum absolute atomic E-state index is 5.87. The van der Waals surface area contributed by atoms with Gasteiger partial charge >= 0.3 is 0 Å². The summed E-state index contributed by atoms with van der Waals surface area (Å²) in [7, 11) is 2.08. The quantitative estimate of drug-likeness (QED) is 0.720. The standard InChI is InChI=1S/C11H18N2/c1-4-9(2)13(3)11-8-6-5-7-10(11)12/h5-9H,4,12H2,1-3H3. The van der Waals surface area contributed by atoms with Crippen LogP contribution in [-0.2, 0) is 0 Å². The van der Waals surface area contributed by atoms with Crippen LogP contribution in [-0.4, -0.2) is 13.1 Å². The molecule has 2 N–H and O–H groups in total. The highest BCUT2D eigenvalue weighted by molar-refractivity contribution is 5.67. The van der Waals surface area contributed by atoms with Crippen LogP contribution >= 0.6 is 0 Å². The van der Waals surface area contributed by atoms with E-state index >= 15 is 0 Å². The van der Waals surface area contributed by atoms with Crippen LogP contribution in [0.15, 0.2) is 24.3 Å². The number of para-hydroxylation sites is 2. The van der Waals surface area contributed by atoms with Gasteiger partial charge in [-0.2, -0.15) is 0 Å². The first kappa shape index (κ1) is 9.90. The summed E-state index contributed by atoms with van der Waals surface area (Å²) >= 11 is 0. The van der Waals surface area contributed by atoms with Crippen molar-refractivity contribution < 1.29 is 0 Å². The Morgan fingerprint density at radius 1 is 1.38 bits per heavy atom. The fourth-order valence-corrected chi connectivity index (χ4v) is 1.32. The topological polar surface area (TPSA) is 29.3 Å². The smallest absolute Gasteiger partial charge is 0.0599 e. The molecule has 13 heavy (non-hydrogen) atoms. The number of hydrogen-bond acceptors (Lipinski definition) is 2. The number of rotatable bonds is 3. The molecule has 1 unspecified atom stereocenters. The van der Waals surface area contributed by atoms with E-state index in [4.69, 9.17) is 5.73 Å². The number of nitrogen functional groups attached to an aromatic ring is 1. The van der Waals surface area contributed by atoms with Gasteiger partial charge in [0.15, 0.2) is 0 Å². The van der Waals surface area contributed by atoms with Crippen LogP contribution in [0, 0.1) is 0 Å². The first-order chi connectivity index (χ1) is 6.16. The lowest BCUT2D eigenvalue weighted by Gasteiger charge is -2.27. The van der Waals surface area contributed by atoms with E-state index in [-0.39, 0.29) is 0 Å². The molecule has 1 rings (SSSR count). The van der Waals surface area contributed by atoms with Gasteiger partial charge < -0.3 is 10.6 Å². The molecule has 0 saturated heterocycles. The summed E-state index contributed by atoms with van der Waals surface area (Å²) in [6, 6.07) is 8.51. The zero-order chi connectivity index (χ0) is 9.84. The first-order valence-electron chi connectivity index (χ1n) is 4.74. The normalized spacial score (nSPS) is 12.5. The van der Waals surface area contributed by atoms with Crippen LogP contribution in [0.4, 0.5) is 11.4 Å². The van der Waals surface area contributed by atoms with Gasteiger partial charge in [0.1, 0.15) is 0 Å². The SMILES string of the molecule is CCC(C)N(C)c1ccccc1N. The van der Waals surface area contributed by atoms with E-state index in [1.807, 2.05) is 18.2 Å². The minimum atomic E-state index is 0.532. The van der Waals surface area contributed by atoms with Crippen LogP contribution in [0.25, 0.3) is 0 Å². The molecular weight excluding hydrogens is 160 g/mol. The van der Waals surface area contributed by atoms with Crippen molar-refractivity contribution in [2.24, 2.45) is 0 Å². The molecule has 0 bridgehead atoms. The van der Waals surface area contributed by atoms with E-state index in [1.54, 1.807) is 0 Å². The van der Waals surface area contributed by atoms with Gasteiger partial charge in [-0.1, -0.05) is 19.1 Å². The molecule has 72 valence electrons. The maximum atomic E-state index is 5.87. The third-order valence-corrected chi connectivity index (χ3v) is 2.57. The first-order valence-corrected chi connectivity index (χ1v) is 4.74. The lowest BCUT2D eigenvalue weighted by molar-refractivity contribution is 0.664. The van der Waals surface area contributed by atoms with Gasteiger partial charge in [0.2, 0.25) is 0 Å². The minimum Gasteiger partial charge on any atom is -0.397 e. The summed E-state index contributed by atoms with van der Waals surface area (Å²) in [5.74, 6) is 0. The van der Waals surface area contributed by atoms with E-state index in [9.17, 15) is 0 Å². The Morgan fingerprint density at radius 2 is 2.00 bits per heavy atom. The molecule has 0 saturated carbocycles. The van der Waals surface area contributed by atoms with Crippen LogP contribution in [0.5, 0.6) is 0 Å². The van der Waals surface area contributed by atoms with Crippen molar-refractivity contribution >= 4 is 11.4 Å². The summed E-state index contributed by atoms with van der Waals surface area (Å²) in [4.78, 5) is 2.22. The van der Waals surface area contributed by atoms with Gasteiger partial charge in [-0.25, -0.2) is 0 Å². The van der Waals surface area contributed by atoms with Crippen molar-refractivity contribution in [1.82, 2.24) is 0 Å². The fourth-order valence-electron chi connectivity index (χ4n) is 1.32. The fraction of sp³-hybridized carbons (Fsp3) is 0.455. The van der Waals surface area contributed by atoms with Gasteiger partial charge in [0, 0.05) is 13.1 Å². The second-order valence-electron chi connectivity index (χ2n) is 3.43. The van der Waals surface area contributed by atoms with Crippen LogP contribution in [0.1, 0.15) is 20.3 Å². The average molecular weight is 178 g/mol. The molecule has 1 aromatic carbocycles. The Morgan fingerprint density at radius 3 is 2.54 bits per heavy atom. The number of anilines is 2. The highest BCUT2D eigenvalue weighted by Gasteiger charge is 2.09. The highest BCUT2D eigenvalue weighted by Crippen LogP contribution is 2.23. The van der Waals surface area contributed by atoms with Crippen molar-refractivity contribution in [3.8, 4) is 0 Å². The van der Waals surface area contributed by atoms with E-state index in [0.717, 1.165) is 17.8 Å². The lowest BCUT2D eigenvalue weighted by atomic mass is 10.2. The van der Waals surface area contributed by atoms with Crippen LogP contribution in [0.2, 0.25) is 0 Å². The van der Waals surface area contributed by atoms with Crippen molar-refractivity contribution in [3.05, 3.63) is 24.3 Å². The summed E-state index contributed by atoms with van der Waals surface area (Å²) in [5, 5.41) is 0. The number of nitrogens with two attached hydrogens (primary N) is 1. The molecule has 0 spiro atoms. The summed E-state index contributed by atoms with van der Waals surface area (Å²) < 4.78 is 0. The van der Waals surface area contributed by atoms with Crippen molar-refractivity contribution in [2.45, 2.75) is 26.3 Å². The average Bonchev–Trinajstić information content (AvgIpc) is 2.16. The van der Waals surface area contributed by atoms with Gasteiger partial charge in [-0.05, 0) is 25.5 Å². The van der Waals surface area contributed by atoms with Crippen molar-refractivity contribution in [3.63, 3.8) is 0 Å². The van der Waals surface area contributed by atoms with E-state index in [2.05, 4.69) is 31.9 Å². The zero-order valence-electron chi connectivity index (χ0n) is 8.62. The van der Waals surface area contributed by atoms with Crippen LogP contribution < -0.4 is 10.6 Å². The Bertz CT molecular complexity index is 271. The minimum absolute atomic E-state index is 0.532. The molecule has 2 heteroatoms. The molecule has 0 fully saturated rings. The Kier molecular flexibility index (Phi) is 3.18. The van der Waals surface area contributed by atoms with Gasteiger partial charge in [-0.3, -0.25) is 0 Å². The van der Waals surface area contributed by atoms with Crippen molar-refractivity contribution in [2.75, 3.05) is 17.7 Å². The number of benzene rings is 1. The van der Waals surface area contributed by atoms with Gasteiger partial charge in [0.25, 0.3) is 0 Å². The Balaban J connectivity index is 2.88. The Hall–Kier alpha value is -1.18. The summed E-state index contributed by atoms with van der Waals surface area (Å²) in [6.45, 7) is 4.38. The molecule has 0 heterocycles. The second kappa shape index (κ2) is 4.17. The third kappa shape index (κ3) is 2.14. The number of nitrogens with zero attached hydrogens (tertiary/aromatic N) is 1. The molecule has 0 aromatic heterocycles. The Labute approximate surface area is 80.4 Å². The molecule has 1 atom stereocenters. The lowest BCUT2D eigenvalue weighted by Crippen LogP contribution is -2.28. The summed E-state index contributed by atoms with van der Waals surface area (Å²) in [6.07, 6.45) is 1.13. The van der Waals surface area contributed by atoms with Crippen LogP contribution in [0.3, 0.4) is 0 Å². The summed E-state index contributed by atoms with van der Waals surface area (Å²) in [5.41, 5.74) is 7.85. The molecule has 0 amide bonds. The molecule has 1 aromatic rings. The second-order valence-corrected chi connectivity index (χ2v) is 3.43. The third-order valence-electron chi connectivity index (χ3n) is 2.57. The maximum Gasteiger partial charge on any atom is 0.0599 e. The zero-order valence-corrected chi connectivity index (χ0v) is 8.62. The molecule has 2 nitrogen and oxygen atoms in total. The molecule has 0 aliphatic rings. The van der Waals surface area contributed by atoms with Gasteiger partial charge in [0.05, 0.1) is 11.4 Å². The molecule has 0 aliphatic heterocycles. The predicted molar refractivity (Wildman–Crippen MR) is 59.0 cm³/mol. The number of hydrogen-bond donors (Lipinski definition) is 1. The monoisotopic (exact) mass is 178 g/mol. The molecule has 0 aliphatic carbocycles. The van der Waals surface area contributed by atoms with E-state index in [0.29, 0.717) is 6.04 Å². The van der Waals surface area contributed by atoms with Gasteiger partial charge in [-0.15, -0.1) is 0 Å². The predicted octanol–water partition coefficient (Wildman–Crippen LogP) is 2.50. The molecular formula is C11H18N2. The largest absolute Gasteiger partial charge is 0.397 e.